The van der Waals surface area contributed by atoms with E-state index in [2.05, 4.69) is 32.9 Å². The van der Waals surface area contributed by atoms with Crippen molar-refractivity contribution in [2.75, 3.05) is 27.2 Å². The predicted octanol–water partition coefficient (Wildman–Crippen LogP) is 1.55. The quantitative estimate of drug-likeness (QED) is 0.526. The molecule has 0 unspecified atom stereocenters. The highest BCUT2D eigenvalue weighted by Gasteiger charge is 2.28. The fraction of sp³-hybridized carbons (Fsp3) is 0.750. The van der Waals surface area contributed by atoms with Crippen LogP contribution in [0.4, 0.5) is 0 Å². The van der Waals surface area contributed by atoms with E-state index < -0.39 is 0 Å². The highest BCUT2D eigenvalue weighted by molar-refractivity contribution is 5.87. The van der Waals surface area contributed by atoms with Gasteiger partial charge in [-0.05, 0) is 26.3 Å². The molecule has 0 aliphatic heterocycles. The second-order valence-electron chi connectivity index (χ2n) is 5.39. The summed E-state index contributed by atoms with van der Waals surface area (Å²) in [6.45, 7) is 11.8. The molecule has 1 N–H and O–H groups in total. The van der Waals surface area contributed by atoms with E-state index in [1.165, 1.54) is 6.08 Å². The van der Waals surface area contributed by atoms with Crippen LogP contribution in [-0.4, -0.2) is 43.1 Å². The smallest absolute Gasteiger partial charge is 0.243 e. The number of hydrogen-bond acceptors (Lipinski definition) is 1. The average Bonchev–Trinajstić information content (AvgIpc) is 2.00. The van der Waals surface area contributed by atoms with Crippen molar-refractivity contribution in [1.82, 2.24) is 5.32 Å². The number of carbonyl (C=O) groups excluding carboxylic acids is 1. The van der Waals surface area contributed by atoms with Crippen molar-refractivity contribution in [1.29, 1.82) is 0 Å². The lowest BCUT2D eigenvalue weighted by molar-refractivity contribution is -0.893. The van der Waals surface area contributed by atoms with Crippen molar-refractivity contribution >= 4 is 5.91 Å². The number of hydrogen-bond donors (Lipinski definition) is 1. The second kappa shape index (κ2) is 5.31. The molecular formula is C12H25N2O+. The van der Waals surface area contributed by atoms with Crippen LogP contribution in [0.25, 0.3) is 0 Å². The van der Waals surface area contributed by atoms with Crippen LogP contribution in [0.5, 0.6) is 0 Å². The Labute approximate surface area is 93.7 Å². The van der Waals surface area contributed by atoms with Crippen molar-refractivity contribution in [3.63, 3.8) is 0 Å². The summed E-state index contributed by atoms with van der Waals surface area (Å²) in [5.74, 6) is -0.100. The molecular weight excluding hydrogens is 188 g/mol. The minimum absolute atomic E-state index is 0.100. The van der Waals surface area contributed by atoms with Gasteiger partial charge in [0.2, 0.25) is 5.91 Å². The molecule has 0 rings (SSSR count). The van der Waals surface area contributed by atoms with E-state index in [0.717, 1.165) is 24.0 Å². The standard InChI is InChI=1S/C12H24N2O/c1-7-9-14(5,6)10-12(3,4)13-11(15)8-2/h8H,2,7,9-10H2,1,3-6H3/p+1. The molecule has 15 heavy (non-hydrogen) atoms. The highest BCUT2D eigenvalue weighted by atomic mass is 16.1. The number of carbonyl (C=O) groups is 1. The summed E-state index contributed by atoms with van der Waals surface area (Å²) in [6, 6.07) is 0. The van der Waals surface area contributed by atoms with Crippen LogP contribution in [0.15, 0.2) is 12.7 Å². The zero-order valence-corrected chi connectivity index (χ0v) is 10.8. The zero-order chi connectivity index (χ0) is 12.1. The summed E-state index contributed by atoms with van der Waals surface area (Å²) < 4.78 is 0.918. The molecule has 88 valence electrons. The number of rotatable bonds is 6. The van der Waals surface area contributed by atoms with Gasteiger partial charge in [0, 0.05) is 0 Å². The van der Waals surface area contributed by atoms with Gasteiger partial charge < -0.3 is 9.80 Å². The molecule has 0 saturated carbocycles. The van der Waals surface area contributed by atoms with Gasteiger partial charge in [-0.2, -0.15) is 0 Å². The molecule has 0 aromatic heterocycles. The van der Waals surface area contributed by atoms with Crippen molar-refractivity contribution in [3.8, 4) is 0 Å². The molecule has 0 saturated heterocycles. The second-order valence-corrected chi connectivity index (χ2v) is 5.39. The first-order valence-corrected chi connectivity index (χ1v) is 5.49. The molecule has 0 heterocycles. The van der Waals surface area contributed by atoms with Gasteiger partial charge in [-0.3, -0.25) is 4.79 Å². The predicted molar refractivity (Wildman–Crippen MR) is 64.6 cm³/mol. The van der Waals surface area contributed by atoms with Crippen LogP contribution < -0.4 is 5.32 Å². The summed E-state index contributed by atoms with van der Waals surface area (Å²) in [4.78, 5) is 11.2. The molecule has 3 nitrogen and oxygen atoms in total. The molecule has 0 aliphatic rings. The Kier molecular flexibility index (Phi) is 5.01. The van der Waals surface area contributed by atoms with Crippen molar-refractivity contribution < 1.29 is 9.28 Å². The third-order valence-electron chi connectivity index (χ3n) is 2.30. The first kappa shape index (κ1) is 14.2. The Morgan fingerprint density at radius 3 is 2.40 bits per heavy atom. The minimum Gasteiger partial charge on any atom is -0.342 e. The van der Waals surface area contributed by atoms with E-state index in [9.17, 15) is 4.79 Å². The Balaban J connectivity index is 4.35. The fourth-order valence-electron chi connectivity index (χ4n) is 2.18. The summed E-state index contributed by atoms with van der Waals surface area (Å²) in [7, 11) is 4.37. The Morgan fingerprint density at radius 1 is 1.47 bits per heavy atom. The van der Waals surface area contributed by atoms with Crippen LogP contribution in [0.2, 0.25) is 0 Å². The summed E-state index contributed by atoms with van der Waals surface area (Å²) in [6.07, 6.45) is 2.47. The van der Waals surface area contributed by atoms with E-state index in [1.54, 1.807) is 0 Å². The van der Waals surface area contributed by atoms with Gasteiger partial charge in [0.05, 0.1) is 26.2 Å². The fourth-order valence-corrected chi connectivity index (χ4v) is 2.18. The Hall–Kier alpha value is -0.830. The minimum atomic E-state index is -0.191. The Morgan fingerprint density at radius 2 is 2.00 bits per heavy atom. The maximum Gasteiger partial charge on any atom is 0.243 e. The van der Waals surface area contributed by atoms with Crippen LogP contribution in [0, 0.1) is 0 Å². The normalized spacial score (nSPS) is 12.3. The third kappa shape index (κ3) is 6.28. The third-order valence-corrected chi connectivity index (χ3v) is 2.30. The lowest BCUT2D eigenvalue weighted by Gasteiger charge is -2.37. The number of nitrogens with one attached hydrogen (secondary N) is 1. The number of likely N-dealkylation sites (N-methyl/N-ethyl adjacent to an activating group) is 1. The lowest BCUT2D eigenvalue weighted by atomic mass is 10.0. The first-order chi connectivity index (χ1) is 6.72. The van der Waals surface area contributed by atoms with Crippen LogP contribution in [0.3, 0.4) is 0 Å². The number of amides is 1. The van der Waals surface area contributed by atoms with Gasteiger partial charge in [0.25, 0.3) is 0 Å². The van der Waals surface area contributed by atoms with Gasteiger partial charge in [-0.25, -0.2) is 0 Å². The Bertz CT molecular complexity index is 232. The molecule has 0 spiro atoms. The van der Waals surface area contributed by atoms with E-state index in [4.69, 9.17) is 0 Å². The average molecular weight is 213 g/mol. The topological polar surface area (TPSA) is 29.1 Å². The molecule has 0 aliphatic carbocycles. The molecule has 0 aromatic carbocycles. The van der Waals surface area contributed by atoms with Crippen molar-refractivity contribution in [2.45, 2.75) is 32.7 Å². The van der Waals surface area contributed by atoms with Crippen LogP contribution in [-0.2, 0) is 4.79 Å². The molecule has 0 atom stereocenters. The molecule has 3 heteroatoms. The van der Waals surface area contributed by atoms with E-state index >= 15 is 0 Å². The molecule has 0 aromatic rings. The van der Waals surface area contributed by atoms with Crippen LogP contribution >= 0.6 is 0 Å². The summed E-state index contributed by atoms with van der Waals surface area (Å²) in [5, 5.41) is 2.95. The van der Waals surface area contributed by atoms with E-state index in [-0.39, 0.29) is 11.4 Å². The van der Waals surface area contributed by atoms with Crippen molar-refractivity contribution in [3.05, 3.63) is 12.7 Å². The van der Waals surface area contributed by atoms with Gasteiger partial charge in [-0.15, -0.1) is 0 Å². The first-order valence-electron chi connectivity index (χ1n) is 5.49. The summed E-state index contributed by atoms with van der Waals surface area (Å²) in [5.41, 5.74) is -0.191. The van der Waals surface area contributed by atoms with E-state index in [0.29, 0.717) is 0 Å². The SMILES string of the molecule is C=CC(=O)NC(C)(C)C[N+](C)(C)CCC. The maximum absolute atomic E-state index is 11.2. The van der Waals surface area contributed by atoms with Crippen LogP contribution in [0.1, 0.15) is 27.2 Å². The summed E-state index contributed by atoms with van der Waals surface area (Å²) >= 11 is 0. The van der Waals surface area contributed by atoms with Gasteiger partial charge in [-0.1, -0.05) is 13.5 Å². The number of nitrogens with zero attached hydrogens (tertiary/aromatic N) is 1. The van der Waals surface area contributed by atoms with Gasteiger partial charge in [0.1, 0.15) is 6.54 Å². The molecule has 0 fully saturated rings. The van der Waals surface area contributed by atoms with Gasteiger partial charge in [0.15, 0.2) is 0 Å². The monoisotopic (exact) mass is 213 g/mol. The van der Waals surface area contributed by atoms with Crippen molar-refractivity contribution in [2.24, 2.45) is 0 Å². The molecule has 0 radical (unpaired) electrons. The maximum atomic E-state index is 11.2. The van der Waals surface area contributed by atoms with E-state index in [1.807, 2.05) is 13.8 Å². The highest BCUT2D eigenvalue weighted by Crippen LogP contribution is 2.10. The largest absolute Gasteiger partial charge is 0.342 e. The molecule has 1 amide bonds. The zero-order valence-electron chi connectivity index (χ0n) is 10.8. The number of quaternary nitrogens is 1. The lowest BCUT2D eigenvalue weighted by Crippen LogP contribution is -2.56. The molecule has 0 bridgehead atoms. The van der Waals surface area contributed by atoms with Gasteiger partial charge >= 0.3 is 0 Å².